The fourth-order valence-electron chi connectivity index (χ4n) is 5.03. The van der Waals surface area contributed by atoms with Gasteiger partial charge in [-0.3, -0.25) is 14.3 Å². The molecule has 0 bridgehead atoms. The number of nitrogens with zero attached hydrogens (tertiary/aromatic N) is 3. The molecule has 16 heteroatoms. The molecule has 0 aliphatic carbocycles. The molecule has 4 rings (SSSR count). The van der Waals surface area contributed by atoms with E-state index in [0.29, 0.717) is 5.69 Å². The van der Waals surface area contributed by atoms with E-state index in [1.165, 1.54) is 0 Å². The lowest BCUT2D eigenvalue weighted by atomic mass is 9.88. The predicted octanol–water partition coefficient (Wildman–Crippen LogP) is -0.623. The highest BCUT2D eigenvalue weighted by Crippen LogP contribution is 2.34. The van der Waals surface area contributed by atoms with Crippen molar-refractivity contribution in [1.82, 2.24) is 25.6 Å². The maximum atomic E-state index is 12.4. The van der Waals surface area contributed by atoms with Gasteiger partial charge < -0.3 is 45.6 Å². The topological polar surface area (TPSA) is 243 Å². The smallest absolute Gasteiger partial charge is 0.394 e. The van der Waals surface area contributed by atoms with E-state index in [9.17, 15) is 39.6 Å². The van der Waals surface area contributed by atoms with Crippen LogP contribution in [0.15, 0.2) is 60.8 Å². The van der Waals surface area contributed by atoms with Crippen LogP contribution in [0.25, 0.3) is 22.4 Å². The predicted molar refractivity (Wildman–Crippen MR) is 158 cm³/mol. The molecule has 0 unspecified atom stereocenters. The number of carboxylic acids is 2. The van der Waals surface area contributed by atoms with Gasteiger partial charge in [-0.2, -0.15) is 0 Å². The van der Waals surface area contributed by atoms with Gasteiger partial charge in [0.1, 0.15) is 17.9 Å². The average Bonchev–Trinajstić information content (AvgIpc) is 3.51. The standard InChI is InChI=1S/C30H35N5O11/c1-17(36)32-24-22(37)14-30(29(43)44,46-26(24)25(39)23(38)15-31-27(40)28(41)42)45-13-5-12-35-16-21(33-34-35)20-10-8-19(9-11-20)18-6-3-2-4-7-18/h2-4,6-11,16,22-26,37-39H,5,12-15H2,1H3,(H,31,40)(H,32,36)(H,41,42)(H,43,44)/t22-,23+,24+,25+,26+,30+/m0/s1. The number of hydrogen-bond donors (Lipinski definition) is 7. The van der Waals surface area contributed by atoms with Crippen LogP contribution < -0.4 is 10.6 Å². The first-order valence-corrected chi connectivity index (χ1v) is 14.3. The molecule has 16 nitrogen and oxygen atoms in total. The molecule has 46 heavy (non-hydrogen) atoms. The molecule has 0 spiro atoms. The monoisotopic (exact) mass is 641 g/mol. The van der Waals surface area contributed by atoms with E-state index in [4.69, 9.17) is 14.6 Å². The summed E-state index contributed by atoms with van der Waals surface area (Å²) < 4.78 is 12.8. The number of rotatable bonds is 13. The highest BCUT2D eigenvalue weighted by atomic mass is 16.7. The van der Waals surface area contributed by atoms with Gasteiger partial charge in [-0.1, -0.05) is 59.8 Å². The minimum absolute atomic E-state index is 0.204. The Morgan fingerprint density at radius 3 is 2.33 bits per heavy atom. The van der Waals surface area contributed by atoms with E-state index in [0.717, 1.165) is 23.6 Å². The lowest BCUT2D eigenvalue weighted by molar-refractivity contribution is -0.310. The summed E-state index contributed by atoms with van der Waals surface area (Å²) in [5.41, 5.74) is 3.60. The zero-order valence-corrected chi connectivity index (χ0v) is 24.7. The van der Waals surface area contributed by atoms with Crippen molar-refractivity contribution in [2.45, 2.75) is 62.6 Å². The number of aliphatic hydroxyl groups excluding tert-OH is 3. The molecule has 246 valence electrons. The van der Waals surface area contributed by atoms with Gasteiger partial charge in [-0.05, 0) is 17.5 Å². The molecular weight excluding hydrogens is 606 g/mol. The van der Waals surface area contributed by atoms with Crippen molar-refractivity contribution in [3.8, 4) is 22.4 Å². The maximum Gasteiger partial charge on any atom is 0.394 e. The highest BCUT2D eigenvalue weighted by Gasteiger charge is 2.55. The summed E-state index contributed by atoms with van der Waals surface area (Å²) in [6.07, 6.45) is -5.92. The molecule has 1 aromatic heterocycles. The number of carbonyl (C=O) groups excluding carboxylic acids is 2. The number of aromatic nitrogens is 3. The van der Waals surface area contributed by atoms with E-state index in [-0.39, 0.29) is 19.6 Å². The van der Waals surface area contributed by atoms with Crippen LogP contribution in [-0.2, 0) is 35.2 Å². The van der Waals surface area contributed by atoms with E-state index >= 15 is 0 Å². The van der Waals surface area contributed by atoms with E-state index in [1.807, 2.05) is 59.9 Å². The molecule has 1 saturated heterocycles. The van der Waals surface area contributed by atoms with E-state index < -0.39 is 73.0 Å². The Hall–Kier alpha value is -4.74. The molecule has 0 saturated carbocycles. The SMILES string of the molecule is CC(=O)N[C@H]1[C@H]([C@H](O)[C@H](O)CNC(=O)C(=O)O)O[C@@](OCCCn2cc(-c3ccc(-c4ccccc4)cc3)nn2)(C(=O)O)C[C@@H]1O. The molecule has 2 amide bonds. The second kappa shape index (κ2) is 15.0. The van der Waals surface area contributed by atoms with Crippen molar-refractivity contribution in [2.75, 3.05) is 13.2 Å². The maximum absolute atomic E-state index is 12.4. The number of benzene rings is 2. The number of amides is 2. The Morgan fingerprint density at radius 2 is 1.70 bits per heavy atom. The third-order valence-electron chi connectivity index (χ3n) is 7.36. The number of ether oxygens (including phenoxy) is 2. The zero-order valence-electron chi connectivity index (χ0n) is 24.7. The van der Waals surface area contributed by atoms with Gasteiger partial charge in [-0.15, -0.1) is 5.10 Å². The van der Waals surface area contributed by atoms with E-state index in [1.54, 1.807) is 10.9 Å². The van der Waals surface area contributed by atoms with Crippen molar-refractivity contribution in [3.63, 3.8) is 0 Å². The lowest BCUT2D eigenvalue weighted by Crippen LogP contribution is -2.68. The Balaban J connectivity index is 1.39. The molecule has 1 aliphatic heterocycles. The van der Waals surface area contributed by atoms with Crippen LogP contribution in [0.1, 0.15) is 19.8 Å². The molecular formula is C30H35N5O11. The van der Waals surface area contributed by atoms with Crippen molar-refractivity contribution in [2.24, 2.45) is 0 Å². The third kappa shape index (κ3) is 8.29. The normalized spacial score (nSPS) is 22.4. The number of aliphatic hydroxyl groups is 3. The van der Waals surface area contributed by atoms with Gasteiger partial charge in [0.25, 0.3) is 5.79 Å². The van der Waals surface area contributed by atoms with Crippen molar-refractivity contribution in [1.29, 1.82) is 0 Å². The molecule has 6 atom stereocenters. The minimum atomic E-state index is -2.49. The van der Waals surface area contributed by atoms with Crippen LogP contribution in [0.4, 0.5) is 0 Å². The molecule has 7 N–H and O–H groups in total. The van der Waals surface area contributed by atoms with Gasteiger partial charge in [0.15, 0.2) is 0 Å². The summed E-state index contributed by atoms with van der Waals surface area (Å²) >= 11 is 0. The Bertz CT molecular complexity index is 1520. The minimum Gasteiger partial charge on any atom is -0.477 e. The Morgan fingerprint density at radius 1 is 1.04 bits per heavy atom. The summed E-state index contributed by atoms with van der Waals surface area (Å²) in [6.45, 7) is 0.429. The fraction of sp³-hybridized carbons (Fsp3) is 0.400. The first-order valence-electron chi connectivity index (χ1n) is 14.3. The van der Waals surface area contributed by atoms with Gasteiger partial charge in [0.2, 0.25) is 5.91 Å². The van der Waals surface area contributed by atoms with Crippen molar-refractivity contribution < 1.29 is 54.2 Å². The quantitative estimate of drug-likeness (QED) is 0.0910. The number of nitrogens with one attached hydrogen (secondary N) is 2. The summed E-state index contributed by atoms with van der Waals surface area (Å²) in [6, 6.07) is 16.3. The van der Waals surface area contributed by atoms with Crippen molar-refractivity contribution >= 4 is 23.8 Å². The summed E-state index contributed by atoms with van der Waals surface area (Å²) in [5.74, 6) is -8.07. The summed E-state index contributed by atoms with van der Waals surface area (Å²) in [5, 5.41) is 63.3. The van der Waals surface area contributed by atoms with Crippen LogP contribution in [0.2, 0.25) is 0 Å². The molecule has 2 aromatic carbocycles. The number of carbonyl (C=O) groups is 4. The largest absolute Gasteiger partial charge is 0.477 e. The van der Waals surface area contributed by atoms with Gasteiger partial charge in [0.05, 0.1) is 31.1 Å². The average molecular weight is 642 g/mol. The first-order chi connectivity index (χ1) is 21.9. The van der Waals surface area contributed by atoms with Crippen LogP contribution in [0.5, 0.6) is 0 Å². The second-order valence-electron chi connectivity index (χ2n) is 10.7. The molecule has 1 fully saturated rings. The van der Waals surface area contributed by atoms with Crippen LogP contribution in [0, 0.1) is 0 Å². The number of aliphatic carboxylic acids is 2. The van der Waals surface area contributed by atoms with Gasteiger partial charge in [0, 0.05) is 32.0 Å². The van der Waals surface area contributed by atoms with Gasteiger partial charge >= 0.3 is 17.8 Å². The molecule has 0 radical (unpaired) electrons. The lowest BCUT2D eigenvalue weighted by Gasteiger charge is -2.46. The third-order valence-corrected chi connectivity index (χ3v) is 7.36. The number of aryl methyl sites for hydroxylation is 1. The number of carboxylic acid groups (broad SMARTS) is 2. The van der Waals surface area contributed by atoms with Crippen LogP contribution >= 0.6 is 0 Å². The van der Waals surface area contributed by atoms with Crippen LogP contribution in [0.3, 0.4) is 0 Å². The summed E-state index contributed by atoms with van der Waals surface area (Å²) in [7, 11) is 0. The molecule has 2 heterocycles. The first kappa shape index (κ1) is 34.1. The highest BCUT2D eigenvalue weighted by molar-refractivity contribution is 6.31. The fourth-order valence-corrected chi connectivity index (χ4v) is 5.03. The zero-order chi connectivity index (χ0) is 33.4. The van der Waals surface area contributed by atoms with E-state index in [2.05, 4.69) is 15.6 Å². The summed E-state index contributed by atoms with van der Waals surface area (Å²) in [4.78, 5) is 46.3. The molecule has 3 aromatic rings. The van der Waals surface area contributed by atoms with Gasteiger partial charge in [-0.25, -0.2) is 9.59 Å². The Labute approximate surface area is 262 Å². The second-order valence-corrected chi connectivity index (χ2v) is 10.7. The number of hydrogen-bond acceptors (Lipinski definition) is 11. The molecule has 1 aliphatic rings. The van der Waals surface area contributed by atoms with Crippen LogP contribution in [-0.4, -0.2) is 114 Å². The Kier molecular flexibility index (Phi) is 11.2. The van der Waals surface area contributed by atoms with Crippen molar-refractivity contribution in [3.05, 3.63) is 60.8 Å².